The Kier molecular flexibility index (Phi) is 4.88. The van der Waals surface area contributed by atoms with Crippen molar-refractivity contribution in [1.82, 2.24) is 0 Å². The van der Waals surface area contributed by atoms with Crippen LogP contribution in [0.5, 0.6) is 0 Å². The van der Waals surface area contributed by atoms with E-state index < -0.39 is 15.9 Å². The van der Waals surface area contributed by atoms with Gasteiger partial charge >= 0.3 is 0 Å². The van der Waals surface area contributed by atoms with E-state index in [1.165, 1.54) is 10.3 Å². The van der Waals surface area contributed by atoms with Gasteiger partial charge in [-0.15, -0.1) is 0 Å². The van der Waals surface area contributed by atoms with E-state index in [4.69, 9.17) is 4.42 Å². The van der Waals surface area contributed by atoms with Gasteiger partial charge in [0.1, 0.15) is 0 Å². The van der Waals surface area contributed by atoms with Crippen molar-refractivity contribution in [3.05, 3.63) is 63.9 Å². The number of carbonyl (C=O) groups excluding carboxylic acids is 1. The molecule has 1 amide bonds. The molecule has 1 aromatic heterocycles. The zero-order valence-electron chi connectivity index (χ0n) is 13.8. The Morgan fingerprint density at radius 2 is 1.88 bits per heavy atom. The molecule has 0 bridgehead atoms. The largest absolute Gasteiger partial charge is 0.444 e. The molecule has 132 valence electrons. The smallest absolute Gasteiger partial charge is 0.294 e. The van der Waals surface area contributed by atoms with Crippen molar-refractivity contribution < 1.29 is 17.6 Å². The molecule has 0 saturated heterocycles. The van der Waals surface area contributed by atoms with Crippen LogP contribution in [0.1, 0.15) is 35.9 Å². The lowest BCUT2D eigenvalue weighted by Crippen LogP contribution is -2.41. The number of benzene rings is 1. The monoisotopic (exact) mass is 423 g/mol. The molecule has 2 heterocycles. The predicted octanol–water partition coefficient (Wildman–Crippen LogP) is 4.12. The summed E-state index contributed by atoms with van der Waals surface area (Å²) in [5.74, 6) is 0.00487. The first kappa shape index (κ1) is 17.9. The molecule has 1 aromatic carbocycles. The van der Waals surface area contributed by atoms with Gasteiger partial charge in [0.05, 0.1) is 11.8 Å². The molecule has 1 unspecified atom stereocenters. The number of amides is 1. The number of nitrogens with zero attached hydrogens (tertiary/aromatic N) is 1. The number of furan rings is 1. The predicted molar refractivity (Wildman–Crippen MR) is 100 cm³/mol. The Hall–Kier alpha value is -1.86. The van der Waals surface area contributed by atoms with Crippen LogP contribution in [0.25, 0.3) is 0 Å². The molecule has 25 heavy (non-hydrogen) atoms. The number of rotatable bonds is 4. The quantitative estimate of drug-likeness (QED) is 0.741. The standard InChI is InChI=1S/C18H18BrNO4S/c1-12(2)13-3-5-14(6-4-13)20(15-9-10-25(22,23)11-15)18(21)16-7-8-17(19)24-16/h3-10,12,15H,11H2,1-2H3. The molecule has 2 aromatic rings. The number of hydrogen-bond donors (Lipinski definition) is 0. The van der Waals surface area contributed by atoms with Gasteiger partial charge in [0.2, 0.25) is 0 Å². The Labute approximate surface area is 155 Å². The molecular weight excluding hydrogens is 406 g/mol. The van der Waals surface area contributed by atoms with Gasteiger partial charge in [0, 0.05) is 11.1 Å². The van der Waals surface area contributed by atoms with Crippen LogP contribution >= 0.6 is 15.9 Å². The lowest BCUT2D eigenvalue weighted by atomic mass is 10.0. The molecule has 0 saturated carbocycles. The number of hydrogen-bond acceptors (Lipinski definition) is 4. The van der Waals surface area contributed by atoms with Gasteiger partial charge in [-0.2, -0.15) is 0 Å². The highest BCUT2D eigenvalue weighted by Gasteiger charge is 2.33. The first-order valence-corrected chi connectivity index (χ1v) is 10.4. The summed E-state index contributed by atoms with van der Waals surface area (Å²) in [5, 5.41) is 1.17. The molecule has 0 aliphatic carbocycles. The Balaban J connectivity index is 2.00. The summed E-state index contributed by atoms with van der Waals surface area (Å²) >= 11 is 3.19. The van der Waals surface area contributed by atoms with E-state index in [1.807, 2.05) is 24.3 Å². The first-order chi connectivity index (χ1) is 11.8. The first-order valence-electron chi connectivity index (χ1n) is 7.86. The Morgan fingerprint density at radius 3 is 2.36 bits per heavy atom. The van der Waals surface area contributed by atoms with Crippen LogP contribution < -0.4 is 4.90 Å². The zero-order valence-corrected chi connectivity index (χ0v) is 16.2. The molecule has 7 heteroatoms. The molecule has 1 atom stereocenters. The third kappa shape index (κ3) is 3.88. The van der Waals surface area contributed by atoms with Crippen molar-refractivity contribution >= 4 is 37.4 Å². The third-order valence-electron chi connectivity index (χ3n) is 4.08. The lowest BCUT2D eigenvalue weighted by molar-refractivity contribution is 0.0955. The average Bonchev–Trinajstić information content (AvgIpc) is 3.14. The highest BCUT2D eigenvalue weighted by molar-refractivity contribution is 9.10. The summed E-state index contributed by atoms with van der Waals surface area (Å²) < 4.78 is 29.5. The fourth-order valence-electron chi connectivity index (χ4n) is 2.75. The second-order valence-electron chi connectivity index (χ2n) is 6.25. The van der Waals surface area contributed by atoms with Gasteiger partial charge in [-0.1, -0.05) is 26.0 Å². The van der Waals surface area contributed by atoms with Crippen LogP contribution in [0.15, 0.2) is 57.0 Å². The third-order valence-corrected chi connectivity index (χ3v) is 5.89. The summed E-state index contributed by atoms with van der Waals surface area (Å²) in [6, 6.07) is 10.2. The van der Waals surface area contributed by atoms with Gasteiger partial charge in [-0.3, -0.25) is 9.69 Å². The highest BCUT2D eigenvalue weighted by atomic mass is 79.9. The summed E-state index contributed by atoms with van der Waals surface area (Å²) in [4.78, 5) is 14.4. The van der Waals surface area contributed by atoms with Gasteiger partial charge in [-0.25, -0.2) is 8.42 Å². The molecule has 0 radical (unpaired) electrons. The molecule has 1 aliphatic heterocycles. The minimum Gasteiger partial charge on any atom is -0.444 e. The molecule has 0 spiro atoms. The minimum absolute atomic E-state index is 0.132. The SMILES string of the molecule is CC(C)c1ccc(N(C(=O)c2ccc(Br)o2)C2C=CS(=O)(=O)C2)cc1. The zero-order chi connectivity index (χ0) is 18.2. The Morgan fingerprint density at radius 1 is 1.20 bits per heavy atom. The Bertz CT molecular complexity index is 913. The number of carbonyl (C=O) groups is 1. The summed E-state index contributed by atoms with van der Waals surface area (Å²) in [5.41, 5.74) is 1.78. The van der Waals surface area contributed by atoms with Gasteiger partial charge in [0.25, 0.3) is 5.91 Å². The summed E-state index contributed by atoms with van der Waals surface area (Å²) in [7, 11) is -3.29. The van der Waals surface area contributed by atoms with Crippen LogP contribution in [0, 0.1) is 0 Å². The van der Waals surface area contributed by atoms with Crippen molar-refractivity contribution in [3.63, 3.8) is 0 Å². The summed E-state index contributed by atoms with van der Waals surface area (Å²) in [6.07, 6.45) is 1.54. The highest BCUT2D eigenvalue weighted by Crippen LogP contribution is 2.28. The maximum atomic E-state index is 13.0. The van der Waals surface area contributed by atoms with E-state index >= 15 is 0 Å². The second kappa shape index (κ2) is 6.80. The maximum absolute atomic E-state index is 13.0. The molecule has 1 aliphatic rings. The summed E-state index contributed by atoms with van der Waals surface area (Å²) in [6.45, 7) is 4.18. The van der Waals surface area contributed by atoms with Crippen LogP contribution in [0.3, 0.4) is 0 Å². The second-order valence-corrected chi connectivity index (χ2v) is 8.96. The van der Waals surface area contributed by atoms with E-state index in [0.29, 0.717) is 16.3 Å². The van der Waals surface area contributed by atoms with E-state index in [1.54, 1.807) is 18.2 Å². The minimum atomic E-state index is -3.29. The van der Waals surface area contributed by atoms with Crippen molar-refractivity contribution in [1.29, 1.82) is 0 Å². The van der Waals surface area contributed by atoms with Crippen molar-refractivity contribution in [3.8, 4) is 0 Å². The maximum Gasteiger partial charge on any atom is 0.294 e. The molecular formula is C18H18BrNO4S. The van der Waals surface area contributed by atoms with Crippen molar-refractivity contribution in [2.75, 3.05) is 10.7 Å². The molecule has 3 rings (SSSR count). The van der Waals surface area contributed by atoms with Gasteiger partial charge in [0.15, 0.2) is 20.3 Å². The van der Waals surface area contributed by atoms with Gasteiger partial charge < -0.3 is 4.42 Å². The lowest BCUT2D eigenvalue weighted by Gasteiger charge is -2.27. The van der Waals surface area contributed by atoms with Crippen LogP contribution in [0.4, 0.5) is 5.69 Å². The van der Waals surface area contributed by atoms with Crippen LogP contribution in [0.2, 0.25) is 0 Å². The van der Waals surface area contributed by atoms with Crippen molar-refractivity contribution in [2.24, 2.45) is 0 Å². The molecule has 5 nitrogen and oxygen atoms in total. The molecule has 0 N–H and O–H groups in total. The fraction of sp³-hybridized carbons (Fsp3) is 0.278. The number of anilines is 1. The number of sulfone groups is 1. The van der Waals surface area contributed by atoms with Crippen LogP contribution in [-0.2, 0) is 9.84 Å². The topological polar surface area (TPSA) is 67.6 Å². The van der Waals surface area contributed by atoms with Crippen LogP contribution in [-0.4, -0.2) is 26.1 Å². The van der Waals surface area contributed by atoms with Gasteiger partial charge in [-0.05, 0) is 57.8 Å². The van der Waals surface area contributed by atoms with E-state index in [-0.39, 0.29) is 17.4 Å². The van der Waals surface area contributed by atoms with E-state index in [0.717, 1.165) is 5.56 Å². The van der Waals surface area contributed by atoms with E-state index in [2.05, 4.69) is 29.8 Å². The van der Waals surface area contributed by atoms with E-state index in [9.17, 15) is 13.2 Å². The van der Waals surface area contributed by atoms with Crippen molar-refractivity contribution in [2.45, 2.75) is 25.8 Å². The normalized spacial score (nSPS) is 18.6. The fourth-order valence-corrected chi connectivity index (χ4v) is 4.32. The average molecular weight is 424 g/mol. The molecule has 0 fully saturated rings. The number of halogens is 1.